The molecule has 0 bridgehead atoms. The summed E-state index contributed by atoms with van der Waals surface area (Å²) in [5, 5.41) is 0. The third-order valence-corrected chi connectivity index (χ3v) is 4.02. The third-order valence-electron chi connectivity index (χ3n) is 3.53. The van der Waals surface area contributed by atoms with Gasteiger partial charge in [-0.2, -0.15) is 0 Å². The highest BCUT2D eigenvalue weighted by Gasteiger charge is 2.41. The number of rotatable bonds is 5. The molecule has 120 valence electrons. The Morgan fingerprint density at radius 1 is 1.52 bits per heavy atom. The summed E-state index contributed by atoms with van der Waals surface area (Å²) in [4.78, 5) is 26.5. The van der Waals surface area contributed by atoms with Crippen LogP contribution in [0.3, 0.4) is 0 Å². The fourth-order valence-corrected chi connectivity index (χ4v) is 2.95. The van der Waals surface area contributed by atoms with Gasteiger partial charge in [-0.25, -0.2) is 4.79 Å². The molecule has 2 rings (SSSR count). The number of terminal acetylenes is 1. The lowest BCUT2D eigenvalue weighted by Gasteiger charge is -2.16. The average molecular weight is 378 g/mol. The lowest BCUT2D eigenvalue weighted by Crippen LogP contribution is -2.30. The second-order valence-electron chi connectivity index (χ2n) is 4.80. The maximum absolute atomic E-state index is 12.8. The molecule has 1 amide bonds. The molecular weight excluding hydrogens is 362 g/mol. The van der Waals surface area contributed by atoms with Gasteiger partial charge in [0, 0.05) is 16.7 Å². The summed E-state index contributed by atoms with van der Waals surface area (Å²) in [6.45, 7) is 2.39. The van der Waals surface area contributed by atoms with Crippen LogP contribution in [0.2, 0.25) is 0 Å². The molecule has 0 radical (unpaired) electrons. The largest absolute Gasteiger partial charge is 0.488 e. The summed E-state index contributed by atoms with van der Waals surface area (Å²) >= 11 is 3.40. The second-order valence-corrected chi connectivity index (χ2v) is 5.71. The van der Waals surface area contributed by atoms with Gasteiger partial charge in [-0.3, -0.25) is 4.79 Å². The van der Waals surface area contributed by atoms with Crippen LogP contribution >= 0.6 is 15.9 Å². The first-order valence-electron chi connectivity index (χ1n) is 6.99. The van der Waals surface area contributed by atoms with Crippen molar-refractivity contribution in [1.82, 2.24) is 0 Å². The van der Waals surface area contributed by atoms with E-state index in [1.807, 2.05) is 25.1 Å². The molecule has 0 N–H and O–H groups in total. The Balaban J connectivity index is 2.53. The van der Waals surface area contributed by atoms with E-state index in [0.29, 0.717) is 6.54 Å². The highest BCUT2D eigenvalue weighted by atomic mass is 79.9. The third kappa shape index (κ3) is 3.25. The number of hydrogen-bond acceptors (Lipinski definition) is 4. The number of nitrogens with zero attached hydrogens (tertiary/aromatic N) is 1. The Kier molecular flexibility index (Phi) is 5.45. The van der Waals surface area contributed by atoms with Gasteiger partial charge in [0.1, 0.15) is 12.5 Å². The zero-order chi connectivity index (χ0) is 17.0. The van der Waals surface area contributed by atoms with E-state index in [1.54, 1.807) is 4.90 Å². The molecule has 0 aromatic heterocycles. The van der Waals surface area contributed by atoms with Gasteiger partial charge < -0.3 is 14.4 Å². The van der Waals surface area contributed by atoms with Crippen molar-refractivity contribution in [2.45, 2.75) is 12.8 Å². The first-order valence-corrected chi connectivity index (χ1v) is 7.78. The number of esters is 1. The smallest absolute Gasteiger partial charge is 0.338 e. The molecule has 0 saturated heterocycles. The van der Waals surface area contributed by atoms with Crippen molar-refractivity contribution < 1.29 is 19.1 Å². The fraction of sp³-hybridized carbons (Fsp3) is 0.294. The number of fused-ring (bicyclic) bond motifs is 1. The van der Waals surface area contributed by atoms with E-state index in [0.717, 1.165) is 15.7 Å². The standard InChI is InChI=1S/C17H16BrNO4/c1-4-8-23-10-13(17(21)22-3)15-12-9-11(18)6-7-14(12)19(5-2)16(15)20/h1,6-7,9-10,15H,5,8H2,2-3H3/b13-10+. The average Bonchev–Trinajstić information content (AvgIpc) is 2.82. The highest BCUT2D eigenvalue weighted by Crippen LogP contribution is 2.42. The monoisotopic (exact) mass is 377 g/mol. The van der Waals surface area contributed by atoms with E-state index in [4.69, 9.17) is 15.9 Å². The van der Waals surface area contributed by atoms with Crippen molar-refractivity contribution in [3.8, 4) is 12.3 Å². The van der Waals surface area contributed by atoms with Crippen LogP contribution in [0, 0.1) is 12.3 Å². The second kappa shape index (κ2) is 7.34. The molecule has 1 heterocycles. The number of ether oxygens (including phenoxy) is 2. The molecular formula is C17H16BrNO4. The molecule has 0 saturated carbocycles. The van der Waals surface area contributed by atoms with Gasteiger partial charge in [-0.15, -0.1) is 6.42 Å². The van der Waals surface area contributed by atoms with Crippen LogP contribution in [0.5, 0.6) is 0 Å². The van der Waals surface area contributed by atoms with Crippen molar-refractivity contribution in [3.05, 3.63) is 40.1 Å². The van der Waals surface area contributed by atoms with E-state index in [-0.39, 0.29) is 18.1 Å². The van der Waals surface area contributed by atoms with Crippen molar-refractivity contribution in [2.75, 3.05) is 25.2 Å². The first kappa shape index (κ1) is 17.1. The topological polar surface area (TPSA) is 55.8 Å². The van der Waals surface area contributed by atoms with Crippen molar-refractivity contribution in [2.24, 2.45) is 0 Å². The van der Waals surface area contributed by atoms with E-state index < -0.39 is 11.9 Å². The number of benzene rings is 1. The van der Waals surface area contributed by atoms with Gasteiger partial charge in [0.15, 0.2) is 0 Å². The molecule has 6 heteroatoms. The highest BCUT2D eigenvalue weighted by molar-refractivity contribution is 9.10. The van der Waals surface area contributed by atoms with Gasteiger partial charge in [0.25, 0.3) is 0 Å². The number of halogens is 1. The quantitative estimate of drug-likeness (QED) is 0.260. The molecule has 1 aromatic rings. The summed E-state index contributed by atoms with van der Waals surface area (Å²) in [5.41, 5.74) is 1.63. The van der Waals surface area contributed by atoms with E-state index >= 15 is 0 Å². The fourth-order valence-electron chi connectivity index (χ4n) is 2.57. The zero-order valence-corrected chi connectivity index (χ0v) is 14.4. The Morgan fingerprint density at radius 3 is 2.87 bits per heavy atom. The van der Waals surface area contributed by atoms with Crippen molar-refractivity contribution in [1.29, 1.82) is 0 Å². The maximum atomic E-state index is 12.8. The number of likely N-dealkylation sites (N-methyl/N-ethyl adjacent to an activating group) is 1. The molecule has 1 unspecified atom stereocenters. The molecule has 0 fully saturated rings. The van der Waals surface area contributed by atoms with E-state index in [1.165, 1.54) is 13.4 Å². The predicted molar refractivity (Wildman–Crippen MR) is 89.8 cm³/mol. The van der Waals surface area contributed by atoms with Crippen molar-refractivity contribution in [3.63, 3.8) is 0 Å². The van der Waals surface area contributed by atoms with Gasteiger partial charge in [0.05, 0.1) is 18.9 Å². The van der Waals surface area contributed by atoms with Gasteiger partial charge in [0.2, 0.25) is 5.91 Å². The van der Waals surface area contributed by atoms with Crippen LogP contribution in [0.25, 0.3) is 0 Å². The maximum Gasteiger partial charge on any atom is 0.338 e. The van der Waals surface area contributed by atoms with Crippen LogP contribution in [-0.4, -0.2) is 32.1 Å². The molecule has 23 heavy (non-hydrogen) atoms. The minimum absolute atomic E-state index is 0.00420. The van der Waals surface area contributed by atoms with Gasteiger partial charge >= 0.3 is 5.97 Å². The van der Waals surface area contributed by atoms with Crippen LogP contribution in [0.1, 0.15) is 18.4 Å². The Hall–Kier alpha value is -2.26. The summed E-state index contributed by atoms with van der Waals surface area (Å²) < 4.78 is 10.8. The Labute approximate surface area is 143 Å². The minimum atomic E-state index is -0.771. The molecule has 1 atom stereocenters. The molecule has 0 aliphatic carbocycles. The summed E-state index contributed by atoms with van der Waals surface area (Å²) in [5.74, 6) is 0.724. The summed E-state index contributed by atoms with van der Waals surface area (Å²) in [6.07, 6.45) is 6.36. The van der Waals surface area contributed by atoms with Crippen LogP contribution < -0.4 is 4.90 Å². The van der Waals surface area contributed by atoms with E-state index in [2.05, 4.69) is 21.9 Å². The van der Waals surface area contributed by atoms with Gasteiger partial charge in [-0.05, 0) is 30.7 Å². The van der Waals surface area contributed by atoms with Crippen LogP contribution in [0.15, 0.2) is 34.5 Å². The lowest BCUT2D eigenvalue weighted by atomic mass is 9.93. The predicted octanol–water partition coefficient (Wildman–Crippen LogP) is 2.61. The van der Waals surface area contributed by atoms with Crippen LogP contribution in [-0.2, 0) is 19.1 Å². The minimum Gasteiger partial charge on any atom is -0.488 e. The van der Waals surface area contributed by atoms with Gasteiger partial charge in [-0.1, -0.05) is 21.9 Å². The summed E-state index contributed by atoms with van der Waals surface area (Å²) in [7, 11) is 1.26. The SMILES string of the molecule is C#CCO/C=C(/C(=O)OC)C1C(=O)N(CC)c2ccc(Br)cc21. The number of hydrogen-bond donors (Lipinski definition) is 0. The number of methoxy groups -OCH3 is 1. The summed E-state index contributed by atoms with van der Waals surface area (Å²) in [6, 6.07) is 5.52. The van der Waals surface area contributed by atoms with E-state index in [9.17, 15) is 9.59 Å². The number of carbonyl (C=O) groups excluding carboxylic acids is 2. The molecule has 1 aromatic carbocycles. The normalized spacial score (nSPS) is 16.8. The van der Waals surface area contributed by atoms with Crippen molar-refractivity contribution >= 4 is 33.5 Å². The Morgan fingerprint density at radius 2 is 2.26 bits per heavy atom. The molecule has 0 spiro atoms. The number of anilines is 1. The van der Waals surface area contributed by atoms with Crippen LogP contribution in [0.4, 0.5) is 5.69 Å². The molecule has 1 aliphatic heterocycles. The lowest BCUT2D eigenvalue weighted by molar-refractivity contribution is -0.137. The number of carbonyl (C=O) groups is 2. The Bertz CT molecular complexity index is 705. The number of amides is 1. The first-order chi connectivity index (χ1) is 11.0. The molecule has 5 nitrogen and oxygen atoms in total. The zero-order valence-electron chi connectivity index (χ0n) is 12.8. The molecule has 1 aliphatic rings.